The SMILES string of the molecule is CN(Cc1cccc2ccccc12)C(=O)CCCCC=O. The summed E-state index contributed by atoms with van der Waals surface area (Å²) in [4.78, 5) is 24.1. The van der Waals surface area contributed by atoms with Crippen molar-refractivity contribution in [3.63, 3.8) is 0 Å². The van der Waals surface area contributed by atoms with Crippen LogP contribution in [0.25, 0.3) is 10.8 Å². The van der Waals surface area contributed by atoms with Crippen molar-refractivity contribution in [3.8, 4) is 0 Å². The predicted octanol–water partition coefficient (Wildman–Crippen LogP) is 3.56. The fraction of sp³-hybridized carbons (Fsp3) is 0.333. The van der Waals surface area contributed by atoms with Crippen molar-refractivity contribution in [3.05, 3.63) is 48.0 Å². The minimum absolute atomic E-state index is 0.133. The number of fused-ring (bicyclic) bond motifs is 1. The molecule has 0 bridgehead atoms. The Hall–Kier alpha value is -2.16. The van der Waals surface area contributed by atoms with E-state index >= 15 is 0 Å². The van der Waals surface area contributed by atoms with E-state index in [1.165, 1.54) is 10.8 Å². The summed E-state index contributed by atoms with van der Waals surface area (Å²) < 4.78 is 0. The first-order chi connectivity index (χ1) is 10.2. The Morgan fingerprint density at radius 2 is 1.86 bits per heavy atom. The van der Waals surface area contributed by atoms with E-state index < -0.39 is 0 Å². The summed E-state index contributed by atoms with van der Waals surface area (Å²) in [6.45, 7) is 0.619. The van der Waals surface area contributed by atoms with Crippen molar-refractivity contribution in [2.45, 2.75) is 32.2 Å². The quantitative estimate of drug-likeness (QED) is 0.575. The van der Waals surface area contributed by atoms with Gasteiger partial charge < -0.3 is 9.69 Å². The number of aldehydes is 1. The third kappa shape index (κ3) is 4.15. The summed E-state index contributed by atoms with van der Waals surface area (Å²) in [6.07, 6.45) is 3.52. The van der Waals surface area contributed by atoms with Crippen LogP contribution in [0.3, 0.4) is 0 Å². The number of rotatable bonds is 7. The summed E-state index contributed by atoms with van der Waals surface area (Å²) in [6, 6.07) is 14.4. The number of unbranched alkanes of at least 4 members (excludes halogenated alkanes) is 2. The molecule has 21 heavy (non-hydrogen) atoms. The van der Waals surface area contributed by atoms with Crippen LogP contribution in [-0.2, 0) is 16.1 Å². The molecule has 3 heteroatoms. The molecule has 0 radical (unpaired) electrons. The molecular weight excluding hydrogens is 262 g/mol. The number of hydrogen-bond acceptors (Lipinski definition) is 2. The zero-order valence-electron chi connectivity index (χ0n) is 12.4. The molecule has 2 aromatic rings. The Labute approximate surface area is 125 Å². The van der Waals surface area contributed by atoms with Crippen molar-refractivity contribution in [2.75, 3.05) is 7.05 Å². The van der Waals surface area contributed by atoms with Gasteiger partial charge in [-0.05, 0) is 29.2 Å². The van der Waals surface area contributed by atoms with Gasteiger partial charge in [0.1, 0.15) is 6.29 Å². The fourth-order valence-corrected chi connectivity index (χ4v) is 2.47. The average Bonchev–Trinajstić information content (AvgIpc) is 2.51. The maximum atomic E-state index is 12.1. The van der Waals surface area contributed by atoms with Gasteiger partial charge in [0.05, 0.1) is 0 Å². The number of nitrogens with zero attached hydrogens (tertiary/aromatic N) is 1. The molecule has 0 N–H and O–H groups in total. The highest BCUT2D eigenvalue weighted by Crippen LogP contribution is 2.20. The van der Waals surface area contributed by atoms with Gasteiger partial charge in [0.25, 0.3) is 0 Å². The monoisotopic (exact) mass is 283 g/mol. The van der Waals surface area contributed by atoms with Crippen LogP contribution in [0.2, 0.25) is 0 Å². The second kappa shape index (κ2) is 7.58. The first-order valence-corrected chi connectivity index (χ1v) is 7.36. The van der Waals surface area contributed by atoms with Crippen LogP contribution >= 0.6 is 0 Å². The molecule has 2 aromatic carbocycles. The second-order valence-electron chi connectivity index (χ2n) is 5.30. The van der Waals surface area contributed by atoms with Crippen LogP contribution in [0.5, 0.6) is 0 Å². The van der Waals surface area contributed by atoms with Crippen LogP contribution < -0.4 is 0 Å². The number of benzene rings is 2. The van der Waals surface area contributed by atoms with Crippen LogP contribution in [0.15, 0.2) is 42.5 Å². The van der Waals surface area contributed by atoms with Gasteiger partial charge in [0.15, 0.2) is 0 Å². The lowest BCUT2D eigenvalue weighted by atomic mass is 10.0. The van der Waals surface area contributed by atoms with Crippen molar-refractivity contribution in [1.29, 1.82) is 0 Å². The van der Waals surface area contributed by atoms with Gasteiger partial charge in [-0.1, -0.05) is 42.5 Å². The Morgan fingerprint density at radius 1 is 1.10 bits per heavy atom. The van der Waals surface area contributed by atoms with E-state index in [2.05, 4.69) is 24.3 Å². The van der Waals surface area contributed by atoms with Gasteiger partial charge in [0.2, 0.25) is 5.91 Å². The van der Waals surface area contributed by atoms with Crippen LogP contribution in [0.4, 0.5) is 0 Å². The van der Waals surface area contributed by atoms with E-state index in [-0.39, 0.29) is 5.91 Å². The molecule has 0 aliphatic rings. The molecular formula is C18H21NO2. The summed E-state index contributed by atoms with van der Waals surface area (Å²) in [5.74, 6) is 0.133. The van der Waals surface area contributed by atoms with Crippen LogP contribution in [0.1, 0.15) is 31.2 Å². The molecule has 0 saturated heterocycles. The first-order valence-electron chi connectivity index (χ1n) is 7.36. The smallest absolute Gasteiger partial charge is 0.222 e. The number of carbonyl (C=O) groups excluding carboxylic acids is 2. The van der Waals surface area contributed by atoms with Crippen molar-refractivity contribution in [1.82, 2.24) is 4.90 Å². The zero-order valence-corrected chi connectivity index (χ0v) is 12.4. The van der Waals surface area contributed by atoms with Gasteiger partial charge >= 0.3 is 0 Å². The molecule has 3 nitrogen and oxygen atoms in total. The average molecular weight is 283 g/mol. The predicted molar refractivity (Wildman–Crippen MR) is 85.0 cm³/mol. The van der Waals surface area contributed by atoms with Gasteiger partial charge in [0, 0.05) is 26.4 Å². The standard InChI is InChI=1S/C18H21NO2/c1-19(18(21)12-3-2-6-13-20)14-16-10-7-9-15-8-4-5-11-17(15)16/h4-5,7-11,13H,2-3,6,12,14H2,1H3. The molecule has 1 amide bonds. The molecule has 0 aliphatic carbocycles. The fourth-order valence-electron chi connectivity index (χ4n) is 2.47. The Kier molecular flexibility index (Phi) is 5.50. The van der Waals surface area contributed by atoms with E-state index in [1.807, 2.05) is 25.2 Å². The highest BCUT2D eigenvalue weighted by atomic mass is 16.2. The normalized spacial score (nSPS) is 10.5. The molecule has 0 atom stereocenters. The third-order valence-corrected chi connectivity index (χ3v) is 3.68. The van der Waals surface area contributed by atoms with Crippen molar-refractivity contribution < 1.29 is 9.59 Å². The molecule has 0 spiro atoms. The van der Waals surface area contributed by atoms with E-state index in [0.29, 0.717) is 19.4 Å². The number of hydrogen-bond donors (Lipinski definition) is 0. The van der Waals surface area contributed by atoms with Crippen molar-refractivity contribution in [2.24, 2.45) is 0 Å². The summed E-state index contributed by atoms with van der Waals surface area (Å²) >= 11 is 0. The van der Waals surface area contributed by atoms with Gasteiger partial charge in [-0.25, -0.2) is 0 Å². The first kappa shape index (κ1) is 15.2. The molecule has 110 valence electrons. The Balaban J connectivity index is 1.99. The highest BCUT2D eigenvalue weighted by molar-refractivity contribution is 5.86. The summed E-state index contributed by atoms with van der Waals surface area (Å²) in [5, 5.41) is 2.39. The maximum absolute atomic E-state index is 12.1. The molecule has 2 rings (SSSR count). The van der Waals surface area contributed by atoms with E-state index in [0.717, 1.165) is 24.7 Å². The number of amides is 1. The van der Waals surface area contributed by atoms with Crippen LogP contribution in [-0.4, -0.2) is 24.1 Å². The molecule has 0 heterocycles. The Morgan fingerprint density at radius 3 is 2.67 bits per heavy atom. The molecule has 0 aliphatic heterocycles. The zero-order chi connectivity index (χ0) is 15.1. The van der Waals surface area contributed by atoms with E-state index in [4.69, 9.17) is 0 Å². The van der Waals surface area contributed by atoms with Gasteiger partial charge in [-0.3, -0.25) is 4.79 Å². The number of carbonyl (C=O) groups is 2. The van der Waals surface area contributed by atoms with Crippen LogP contribution in [0, 0.1) is 0 Å². The third-order valence-electron chi connectivity index (χ3n) is 3.68. The molecule has 0 saturated carbocycles. The summed E-state index contributed by atoms with van der Waals surface area (Å²) in [7, 11) is 1.84. The van der Waals surface area contributed by atoms with E-state index in [9.17, 15) is 9.59 Å². The maximum Gasteiger partial charge on any atom is 0.222 e. The lowest BCUT2D eigenvalue weighted by Gasteiger charge is -2.18. The minimum atomic E-state index is 0.133. The van der Waals surface area contributed by atoms with Gasteiger partial charge in [-0.2, -0.15) is 0 Å². The Bertz CT molecular complexity index is 616. The molecule has 0 aromatic heterocycles. The highest BCUT2D eigenvalue weighted by Gasteiger charge is 2.10. The summed E-state index contributed by atoms with van der Waals surface area (Å²) in [5.41, 5.74) is 1.16. The minimum Gasteiger partial charge on any atom is -0.341 e. The van der Waals surface area contributed by atoms with Crippen molar-refractivity contribution >= 4 is 23.0 Å². The lowest BCUT2D eigenvalue weighted by Crippen LogP contribution is -2.25. The second-order valence-corrected chi connectivity index (χ2v) is 5.30. The van der Waals surface area contributed by atoms with Gasteiger partial charge in [-0.15, -0.1) is 0 Å². The lowest BCUT2D eigenvalue weighted by molar-refractivity contribution is -0.130. The topological polar surface area (TPSA) is 37.4 Å². The molecule has 0 fully saturated rings. The largest absolute Gasteiger partial charge is 0.341 e. The molecule has 0 unspecified atom stereocenters. The van der Waals surface area contributed by atoms with E-state index in [1.54, 1.807) is 4.90 Å².